The van der Waals surface area contributed by atoms with Crippen LogP contribution in [0.3, 0.4) is 0 Å². The molecule has 0 aromatic heterocycles. The molecule has 0 radical (unpaired) electrons. The number of nitrogens with two attached hydrogens (primary N) is 1. The fourth-order valence-corrected chi connectivity index (χ4v) is 2.98. The number of hydrogen-bond acceptors (Lipinski definition) is 3. The van der Waals surface area contributed by atoms with Crippen molar-refractivity contribution in [3.05, 3.63) is 35.4 Å². The molecule has 1 aromatic rings. The molecule has 0 aliphatic carbocycles. The summed E-state index contributed by atoms with van der Waals surface area (Å²) in [6.07, 6.45) is -0.858. The summed E-state index contributed by atoms with van der Waals surface area (Å²) in [7, 11) is 0. The Labute approximate surface area is 152 Å². The molecule has 0 bridgehead atoms. The van der Waals surface area contributed by atoms with Gasteiger partial charge in [-0.15, -0.1) is 12.4 Å². The molecular formula is C17H25ClF3N3O. The monoisotopic (exact) mass is 379 g/mol. The Morgan fingerprint density at radius 2 is 1.92 bits per heavy atom. The molecule has 1 atom stereocenters. The highest BCUT2D eigenvalue weighted by molar-refractivity contribution is 5.85. The van der Waals surface area contributed by atoms with Gasteiger partial charge in [-0.2, -0.15) is 13.2 Å². The molecule has 1 heterocycles. The summed E-state index contributed by atoms with van der Waals surface area (Å²) in [5.41, 5.74) is 5.58. The van der Waals surface area contributed by atoms with Crippen LogP contribution in [0.25, 0.3) is 0 Å². The molecule has 1 aliphatic heterocycles. The summed E-state index contributed by atoms with van der Waals surface area (Å²) in [5, 5.41) is 2.89. The predicted molar refractivity (Wildman–Crippen MR) is 93.4 cm³/mol. The van der Waals surface area contributed by atoms with E-state index in [4.69, 9.17) is 5.73 Å². The maximum absolute atomic E-state index is 12.6. The number of amides is 1. The van der Waals surface area contributed by atoms with E-state index >= 15 is 0 Å². The van der Waals surface area contributed by atoms with Crippen molar-refractivity contribution in [2.75, 3.05) is 19.6 Å². The topological polar surface area (TPSA) is 58.4 Å². The van der Waals surface area contributed by atoms with Crippen molar-refractivity contribution in [3.8, 4) is 0 Å². The lowest BCUT2D eigenvalue weighted by atomic mass is 10.0. The van der Waals surface area contributed by atoms with Crippen LogP contribution in [0.5, 0.6) is 0 Å². The summed E-state index contributed by atoms with van der Waals surface area (Å²) in [6.45, 7) is 2.36. The Morgan fingerprint density at radius 1 is 1.24 bits per heavy atom. The van der Waals surface area contributed by atoms with Gasteiger partial charge < -0.3 is 11.1 Å². The standard InChI is InChI=1S/C17H24F3N3O.ClH/c18-17(19,20)14-6-4-13(5-7-14)12-23-10-2-1-3-15(23)11-22-16(24)8-9-21;/h4-7,15H,1-3,8-12,21H2,(H,22,24);1H. The molecule has 1 unspecified atom stereocenters. The zero-order chi connectivity index (χ0) is 17.6. The lowest BCUT2D eigenvalue weighted by Crippen LogP contribution is -2.46. The minimum absolute atomic E-state index is 0. The Kier molecular flexibility index (Phi) is 8.68. The van der Waals surface area contributed by atoms with E-state index in [1.165, 1.54) is 12.1 Å². The van der Waals surface area contributed by atoms with E-state index in [1.54, 1.807) is 0 Å². The second kappa shape index (κ2) is 9.99. The highest BCUT2D eigenvalue weighted by atomic mass is 35.5. The van der Waals surface area contributed by atoms with Crippen LogP contribution >= 0.6 is 12.4 Å². The third-order valence-corrected chi connectivity index (χ3v) is 4.32. The number of benzene rings is 1. The molecule has 1 saturated heterocycles. The fraction of sp³-hybridized carbons (Fsp3) is 0.588. The molecular weight excluding hydrogens is 355 g/mol. The van der Waals surface area contributed by atoms with E-state index in [2.05, 4.69) is 10.2 Å². The first-order valence-electron chi connectivity index (χ1n) is 8.27. The molecule has 0 spiro atoms. The van der Waals surface area contributed by atoms with Crippen LogP contribution in [0.15, 0.2) is 24.3 Å². The van der Waals surface area contributed by atoms with E-state index in [0.717, 1.165) is 43.5 Å². The SMILES string of the molecule is Cl.NCCC(=O)NCC1CCCCN1Cc1ccc(C(F)(F)F)cc1. The largest absolute Gasteiger partial charge is 0.416 e. The van der Waals surface area contributed by atoms with Crippen LogP contribution < -0.4 is 11.1 Å². The van der Waals surface area contributed by atoms with Gasteiger partial charge in [0.2, 0.25) is 5.91 Å². The molecule has 1 fully saturated rings. The van der Waals surface area contributed by atoms with E-state index in [-0.39, 0.29) is 24.4 Å². The van der Waals surface area contributed by atoms with Gasteiger partial charge in [-0.05, 0) is 37.1 Å². The molecule has 1 amide bonds. The highest BCUT2D eigenvalue weighted by Crippen LogP contribution is 2.29. The average Bonchev–Trinajstić information content (AvgIpc) is 2.54. The van der Waals surface area contributed by atoms with Crippen LogP contribution in [-0.4, -0.2) is 36.5 Å². The van der Waals surface area contributed by atoms with Crippen molar-refractivity contribution < 1.29 is 18.0 Å². The van der Waals surface area contributed by atoms with Gasteiger partial charge in [0, 0.05) is 32.1 Å². The number of nitrogens with zero attached hydrogens (tertiary/aromatic N) is 1. The van der Waals surface area contributed by atoms with Gasteiger partial charge >= 0.3 is 6.18 Å². The molecule has 1 aromatic carbocycles. The van der Waals surface area contributed by atoms with Gasteiger partial charge in [-0.1, -0.05) is 18.6 Å². The van der Waals surface area contributed by atoms with Gasteiger partial charge in [-0.25, -0.2) is 0 Å². The number of nitrogens with one attached hydrogen (secondary N) is 1. The normalized spacial score (nSPS) is 18.5. The molecule has 2 rings (SSSR count). The number of alkyl halides is 3. The number of piperidine rings is 1. The molecule has 142 valence electrons. The van der Waals surface area contributed by atoms with Crippen LogP contribution in [0.1, 0.15) is 36.8 Å². The number of rotatable bonds is 6. The number of carbonyl (C=O) groups is 1. The summed E-state index contributed by atoms with van der Waals surface area (Å²) >= 11 is 0. The van der Waals surface area contributed by atoms with Gasteiger partial charge in [0.1, 0.15) is 0 Å². The number of hydrogen-bond donors (Lipinski definition) is 2. The van der Waals surface area contributed by atoms with E-state index in [0.29, 0.717) is 26.1 Å². The van der Waals surface area contributed by atoms with Gasteiger partial charge in [0.05, 0.1) is 5.56 Å². The molecule has 4 nitrogen and oxygen atoms in total. The van der Waals surface area contributed by atoms with Crippen molar-refractivity contribution in [3.63, 3.8) is 0 Å². The minimum atomic E-state index is -4.31. The molecule has 1 aliphatic rings. The first-order valence-corrected chi connectivity index (χ1v) is 8.27. The molecule has 25 heavy (non-hydrogen) atoms. The van der Waals surface area contributed by atoms with E-state index in [1.807, 2.05) is 0 Å². The first-order chi connectivity index (χ1) is 11.4. The second-order valence-electron chi connectivity index (χ2n) is 6.16. The lowest BCUT2D eigenvalue weighted by Gasteiger charge is -2.36. The summed E-state index contributed by atoms with van der Waals surface area (Å²) in [5.74, 6) is -0.0578. The average molecular weight is 380 g/mol. The zero-order valence-electron chi connectivity index (χ0n) is 14.0. The fourth-order valence-electron chi connectivity index (χ4n) is 2.98. The van der Waals surface area contributed by atoms with Gasteiger partial charge in [0.15, 0.2) is 0 Å². The Morgan fingerprint density at radius 3 is 2.52 bits per heavy atom. The zero-order valence-corrected chi connectivity index (χ0v) is 14.8. The van der Waals surface area contributed by atoms with Crippen molar-refractivity contribution in [1.29, 1.82) is 0 Å². The maximum Gasteiger partial charge on any atom is 0.416 e. The van der Waals surface area contributed by atoms with Crippen LogP contribution in [0, 0.1) is 0 Å². The lowest BCUT2D eigenvalue weighted by molar-refractivity contribution is -0.137. The summed E-state index contributed by atoms with van der Waals surface area (Å²) in [4.78, 5) is 13.8. The maximum atomic E-state index is 12.6. The summed E-state index contributed by atoms with van der Waals surface area (Å²) in [6, 6.07) is 5.51. The Balaban J connectivity index is 0.00000312. The molecule has 3 N–H and O–H groups in total. The van der Waals surface area contributed by atoms with Crippen molar-refractivity contribution in [2.24, 2.45) is 5.73 Å². The number of halogens is 4. The van der Waals surface area contributed by atoms with Crippen molar-refractivity contribution in [2.45, 2.75) is 44.4 Å². The predicted octanol–water partition coefficient (Wildman–Crippen LogP) is 2.95. The van der Waals surface area contributed by atoms with Gasteiger partial charge in [-0.3, -0.25) is 9.69 Å². The third kappa shape index (κ3) is 6.84. The Bertz CT molecular complexity index is 537. The Hall–Kier alpha value is -1.31. The number of carbonyl (C=O) groups excluding carboxylic acids is 1. The molecule has 0 saturated carbocycles. The smallest absolute Gasteiger partial charge is 0.354 e. The molecule has 8 heteroatoms. The van der Waals surface area contributed by atoms with Crippen molar-refractivity contribution in [1.82, 2.24) is 10.2 Å². The van der Waals surface area contributed by atoms with Crippen LogP contribution in [0.2, 0.25) is 0 Å². The van der Waals surface area contributed by atoms with Crippen molar-refractivity contribution >= 4 is 18.3 Å². The van der Waals surface area contributed by atoms with Crippen LogP contribution in [0.4, 0.5) is 13.2 Å². The highest BCUT2D eigenvalue weighted by Gasteiger charge is 2.30. The van der Waals surface area contributed by atoms with E-state index in [9.17, 15) is 18.0 Å². The summed E-state index contributed by atoms with van der Waals surface area (Å²) < 4.78 is 37.9. The third-order valence-electron chi connectivity index (χ3n) is 4.32. The van der Waals surface area contributed by atoms with Gasteiger partial charge in [0.25, 0.3) is 0 Å². The number of likely N-dealkylation sites (tertiary alicyclic amines) is 1. The van der Waals surface area contributed by atoms with Crippen LogP contribution in [-0.2, 0) is 17.5 Å². The quantitative estimate of drug-likeness (QED) is 0.799. The van der Waals surface area contributed by atoms with E-state index < -0.39 is 11.7 Å². The minimum Gasteiger partial charge on any atom is -0.354 e. The second-order valence-corrected chi connectivity index (χ2v) is 6.16. The first kappa shape index (κ1) is 21.7.